The van der Waals surface area contributed by atoms with Gasteiger partial charge >= 0.3 is 11.8 Å². The van der Waals surface area contributed by atoms with Gasteiger partial charge in [-0.05, 0) is 73.4 Å². The highest BCUT2D eigenvalue weighted by molar-refractivity contribution is 6.39. The fourth-order valence-corrected chi connectivity index (χ4v) is 3.15. The van der Waals surface area contributed by atoms with E-state index in [1.54, 1.807) is 42.5 Å². The number of carbonyl (C=O) groups is 3. The molecule has 0 aliphatic carbocycles. The zero-order chi connectivity index (χ0) is 25.4. The van der Waals surface area contributed by atoms with Gasteiger partial charge in [0, 0.05) is 16.4 Å². The van der Waals surface area contributed by atoms with Gasteiger partial charge in [-0.3, -0.25) is 14.4 Å². The summed E-state index contributed by atoms with van der Waals surface area (Å²) in [5.74, 6) is -1.65. The molecule has 8 nitrogen and oxygen atoms in total. The smallest absolute Gasteiger partial charge is 0.329 e. The maximum atomic E-state index is 12.3. The average molecular weight is 493 g/mol. The number of halogens is 1. The Bertz CT molecular complexity index is 1290. The van der Waals surface area contributed by atoms with Crippen molar-refractivity contribution in [1.29, 1.82) is 0 Å². The third-order valence-electron chi connectivity index (χ3n) is 4.91. The second-order valence-corrected chi connectivity index (χ2v) is 8.25. The van der Waals surface area contributed by atoms with Crippen molar-refractivity contribution in [3.63, 3.8) is 0 Å². The zero-order valence-electron chi connectivity index (χ0n) is 19.5. The highest BCUT2D eigenvalue weighted by Crippen LogP contribution is 2.20. The second kappa shape index (κ2) is 11.8. The molecule has 0 saturated carbocycles. The van der Waals surface area contributed by atoms with Crippen molar-refractivity contribution in [2.24, 2.45) is 5.10 Å². The number of aryl methyl sites for hydroxylation is 3. The van der Waals surface area contributed by atoms with E-state index < -0.39 is 11.8 Å². The van der Waals surface area contributed by atoms with Gasteiger partial charge in [0.2, 0.25) is 0 Å². The first-order chi connectivity index (χ1) is 16.7. The van der Waals surface area contributed by atoms with Gasteiger partial charge in [0.25, 0.3) is 5.91 Å². The Hall–Kier alpha value is -4.17. The topological polar surface area (TPSA) is 109 Å². The van der Waals surface area contributed by atoms with Crippen LogP contribution in [0.5, 0.6) is 5.75 Å². The van der Waals surface area contributed by atoms with Gasteiger partial charge in [-0.1, -0.05) is 41.9 Å². The average Bonchev–Trinajstić information content (AvgIpc) is 2.82. The molecule has 180 valence electrons. The lowest BCUT2D eigenvalue weighted by molar-refractivity contribution is -0.136. The Morgan fingerprint density at radius 3 is 2.46 bits per heavy atom. The first-order valence-corrected chi connectivity index (χ1v) is 11.1. The molecule has 3 aromatic rings. The van der Waals surface area contributed by atoms with Gasteiger partial charge < -0.3 is 15.4 Å². The summed E-state index contributed by atoms with van der Waals surface area (Å²) in [6.07, 6.45) is 1.36. The minimum atomic E-state index is -0.937. The number of ether oxygens (including phenoxy) is 1. The largest absolute Gasteiger partial charge is 0.484 e. The molecule has 3 rings (SSSR count). The Balaban J connectivity index is 1.50. The summed E-state index contributed by atoms with van der Waals surface area (Å²) in [6.45, 7) is 5.53. The van der Waals surface area contributed by atoms with E-state index in [2.05, 4.69) is 21.2 Å². The van der Waals surface area contributed by atoms with E-state index in [0.717, 1.165) is 22.4 Å². The molecular formula is C26H25ClN4O4. The molecular weight excluding hydrogens is 468 g/mol. The Morgan fingerprint density at radius 2 is 1.69 bits per heavy atom. The zero-order valence-corrected chi connectivity index (χ0v) is 20.3. The number of anilines is 2. The second-order valence-electron chi connectivity index (χ2n) is 7.84. The van der Waals surface area contributed by atoms with Gasteiger partial charge in [-0.25, -0.2) is 5.43 Å². The molecule has 35 heavy (non-hydrogen) atoms. The third kappa shape index (κ3) is 7.68. The summed E-state index contributed by atoms with van der Waals surface area (Å²) in [4.78, 5) is 36.3. The van der Waals surface area contributed by atoms with E-state index in [9.17, 15) is 14.4 Å². The van der Waals surface area contributed by atoms with E-state index in [-0.39, 0.29) is 12.5 Å². The van der Waals surface area contributed by atoms with E-state index in [1.165, 1.54) is 6.21 Å². The lowest BCUT2D eigenvalue weighted by atomic mass is 10.1. The minimum absolute atomic E-state index is 0.173. The summed E-state index contributed by atoms with van der Waals surface area (Å²) in [6, 6.07) is 17.5. The van der Waals surface area contributed by atoms with Crippen molar-refractivity contribution < 1.29 is 19.1 Å². The maximum Gasteiger partial charge on any atom is 0.329 e. The summed E-state index contributed by atoms with van der Waals surface area (Å²) < 4.78 is 5.56. The van der Waals surface area contributed by atoms with Crippen LogP contribution in [0, 0.1) is 20.8 Å². The van der Waals surface area contributed by atoms with Crippen LogP contribution in [-0.4, -0.2) is 30.5 Å². The summed E-state index contributed by atoms with van der Waals surface area (Å²) >= 11 is 6.02. The van der Waals surface area contributed by atoms with Crippen LogP contribution in [0.15, 0.2) is 65.8 Å². The van der Waals surface area contributed by atoms with Crippen LogP contribution in [0.4, 0.5) is 11.4 Å². The monoisotopic (exact) mass is 492 g/mol. The molecule has 9 heteroatoms. The van der Waals surface area contributed by atoms with E-state index in [0.29, 0.717) is 22.0 Å². The van der Waals surface area contributed by atoms with E-state index in [4.69, 9.17) is 16.3 Å². The van der Waals surface area contributed by atoms with Crippen molar-refractivity contribution in [3.8, 4) is 5.75 Å². The van der Waals surface area contributed by atoms with Crippen LogP contribution >= 0.6 is 11.6 Å². The highest BCUT2D eigenvalue weighted by Gasteiger charge is 2.13. The molecule has 0 fully saturated rings. The van der Waals surface area contributed by atoms with Crippen molar-refractivity contribution >= 4 is 46.9 Å². The number of rotatable bonds is 7. The summed E-state index contributed by atoms with van der Waals surface area (Å²) in [5, 5.41) is 9.56. The Kier molecular flexibility index (Phi) is 8.58. The quantitative estimate of drug-likeness (QED) is 0.258. The van der Waals surface area contributed by atoms with Gasteiger partial charge in [0.1, 0.15) is 5.75 Å². The molecule has 0 heterocycles. The molecule has 0 atom stereocenters. The van der Waals surface area contributed by atoms with Gasteiger partial charge in [-0.15, -0.1) is 0 Å². The Labute approximate surface area is 208 Å². The van der Waals surface area contributed by atoms with E-state index in [1.807, 2.05) is 39.0 Å². The predicted molar refractivity (Wildman–Crippen MR) is 137 cm³/mol. The van der Waals surface area contributed by atoms with Crippen molar-refractivity contribution in [1.82, 2.24) is 5.43 Å². The number of benzene rings is 3. The molecule has 3 N–H and O–H groups in total. The maximum absolute atomic E-state index is 12.3. The minimum Gasteiger partial charge on any atom is -0.484 e. The molecule has 3 aromatic carbocycles. The standard InChI is InChI=1S/C26H25ClN4O4/c1-16-7-8-18(3)23(11-16)30-24(32)15-35-21-6-4-5-19(12-21)14-28-31-26(34)25(33)29-20-10-9-17(2)22(27)13-20/h4-14H,15H2,1-3H3,(H,29,33)(H,30,32)(H,31,34)/b28-14-. The highest BCUT2D eigenvalue weighted by atomic mass is 35.5. The van der Waals surface area contributed by atoms with Gasteiger partial charge in [0.05, 0.1) is 6.21 Å². The van der Waals surface area contributed by atoms with E-state index >= 15 is 0 Å². The van der Waals surface area contributed by atoms with Crippen molar-refractivity contribution in [3.05, 3.63) is 87.9 Å². The summed E-state index contributed by atoms with van der Waals surface area (Å²) in [5.41, 5.74) is 6.76. The molecule has 0 aromatic heterocycles. The van der Waals surface area contributed by atoms with Crippen LogP contribution in [0.3, 0.4) is 0 Å². The van der Waals surface area contributed by atoms with Crippen molar-refractivity contribution in [2.75, 3.05) is 17.2 Å². The number of carbonyl (C=O) groups excluding carboxylic acids is 3. The van der Waals surface area contributed by atoms with Gasteiger partial charge in [-0.2, -0.15) is 5.10 Å². The number of hydrogen-bond acceptors (Lipinski definition) is 5. The normalized spacial score (nSPS) is 10.6. The van der Waals surface area contributed by atoms with Crippen molar-refractivity contribution in [2.45, 2.75) is 20.8 Å². The Morgan fingerprint density at radius 1 is 0.914 bits per heavy atom. The predicted octanol–water partition coefficient (Wildman–Crippen LogP) is 4.37. The van der Waals surface area contributed by atoms with Crippen LogP contribution < -0.4 is 20.8 Å². The lowest BCUT2D eigenvalue weighted by Gasteiger charge is -2.10. The fourth-order valence-electron chi connectivity index (χ4n) is 2.96. The van der Waals surface area contributed by atoms with Crippen LogP contribution in [-0.2, 0) is 14.4 Å². The van der Waals surface area contributed by atoms with Crippen LogP contribution in [0.1, 0.15) is 22.3 Å². The number of nitrogens with one attached hydrogen (secondary N) is 3. The first-order valence-electron chi connectivity index (χ1n) is 10.7. The fraction of sp³-hybridized carbons (Fsp3) is 0.154. The number of amides is 3. The molecule has 0 aliphatic heterocycles. The SMILES string of the molecule is Cc1ccc(C)c(NC(=O)COc2cccc(/C=N\NC(=O)C(=O)Nc3ccc(C)c(Cl)c3)c2)c1. The number of hydrogen-bond donors (Lipinski definition) is 3. The molecule has 0 aliphatic rings. The van der Waals surface area contributed by atoms with Crippen LogP contribution in [0.25, 0.3) is 0 Å². The molecule has 3 amide bonds. The molecule has 0 unspecified atom stereocenters. The molecule has 0 spiro atoms. The molecule has 0 saturated heterocycles. The molecule has 0 bridgehead atoms. The third-order valence-corrected chi connectivity index (χ3v) is 5.32. The summed E-state index contributed by atoms with van der Waals surface area (Å²) in [7, 11) is 0. The number of hydrazone groups is 1. The molecule has 0 radical (unpaired) electrons. The number of nitrogens with zero attached hydrogens (tertiary/aromatic N) is 1. The van der Waals surface area contributed by atoms with Crippen LogP contribution in [0.2, 0.25) is 5.02 Å². The lowest BCUT2D eigenvalue weighted by Crippen LogP contribution is -2.32. The first kappa shape index (κ1) is 25.5. The van der Waals surface area contributed by atoms with Gasteiger partial charge in [0.15, 0.2) is 6.61 Å².